The van der Waals surface area contributed by atoms with Crippen molar-refractivity contribution in [3.8, 4) is 0 Å². The van der Waals surface area contributed by atoms with Crippen molar-refractivity contribution in [1.82, 2.24) is 9.55 Å². The van der Waals surface area contributed by atoms with Crippen LogP contribution >= 0.6 is 0 Å². The van der Waals surface area contributed by atoms with Gasteiger partial charge in [-0.05, 0) is 17.8 Å². The van der Waals surface area contributed by atoms with Crippen LogP contribution in [0.4, 0.5) is 0 Å². The van der Waals surface area contributed by atoms with E-state index in [2.05, 4.69) is 38.5 Å². The van der Waals surface area contributed by atoms with E-state index in [9.17, 15) is 0 Å². The summed E-state index contributed by atoms with van der Waals surface area (Å²) in [5, 5.41) is 0. The van der Waals surface area contributed by atoms with E-state index in [1.807, 2.05) is 0 Å². The van der Waals surface area contributed by atoms with Crippen LogP contribution in [0.3, 0.4) is 0 Å². The predicted octanol–water partition coefficient (Wildman–Crippen LogP) is 3.05. The van der Waals surface area contributed by atoms with Gasteiger partial charge in [-0.3, -0.25) is 0 Å². The molecule has 0 bridgehead atoms. The highest BCUT2D eigenvalue weighted by atomic mass is 15.1. The minimum Gasteiger partial charge on any atom is -0.334 e. The minimum absolute atomic E-state index is 0.390. The van der Waals surface area contributed by atoms with Crippen LogP contribution in [0, 0.1) is 11.3 Å². The molecule has 2 heterocycles. The van der Waals surface area contributed by atoms with E-state index in [1.165, 1.54) is 17.9 Å². The fourth-order valence-corrected chi connectivity index (χ4v) is 2.25. The quantitative estimate of drug-likeness (QED) is 0.743. The normalized spacial score (nSPS) is 20.7. The van der Waals surface area contributed by atoms with E-state index in [1.54, 1.807) is 0 Å². The number of aromatic nitrogens is 2. The Bertz CT molecular complexity index is 326. The van der Waals surface area contributed by atoms with Crippen molar-refractivity contribution in [3.63, 3.8) is 0 Å². The Morgan fingerprint density at radius 2 is 2.27 bits per heavy atom. The van der Waals surface area contributed by atoms with Crippen LogP contribution in [0.15, 0.2) is 6.20 Å². The molecule has 1 aromatic heterocycles. The first-order valence-electron chi connectivity index (χ1n) is 6.05. The Labute approximate surface area is 92.7 Å². The van der Waals surface area contributed by atoms with Crippen LogP contribution < -0.4 is 0 Å². The number of rotatable bonds is 3. The molecule has 0 amide bonds. The Balaban J connectivity index is 2.10. The lowest BCUT2D eigenvalue weighted by atomic mass is 9.85. The molecular formula is C13H22N2. The molecule has 1 aliphatic heterocycles. The Hall–Kier alpha value is -0.790. The average Bonchev–Trinajstić information content (AvgIpc) is 2.60. The molecular weight excluding hydrogens is 184 g/mol. The van der Waals surface area contributed by atoms with Crippen molar-refractivity contribution >= 4 is 0 Å². The molecule has 2 nitrogen and oxygen atoms in total. The van der Waals surface area contributed by atoms with Gasteiger partial charge in [-0.1, -0.05) is 34.1 Å². The first-order chi connectivity index (χ1) is 7.00. The van der Waals surface area contributed by atoms with Gasteiger partial charge in [0.25, 0.3) is 0 Å². The highest BCUT2D eigenvalue weighted by Crippen LogP contribution is 2.27. The molecule has 0 saturated carbocycles. The molecule has 1 unspecified atom stereocenters. The SMILES string of the molecule is CCC(C)(C)Cc1cn2c(n1)CC(C)C2. The van der Waals surface area contributed by atoms with Gasteiger partial charge in [0.15, 0.2) is 0 Å². The zero-order chi connectivity index (χ0) is 11.1. The van der Waals surface area contributed by atoms with Crippen molar-refractivity contribution in [3.05, 3.63) is 17.7 Å². The number of hydrogen-bond acceptors (Lipinski definition) is 1. The molecule has 2 heteroatoms. The Kier molecular flexibility index (Phi) is 2.61. The number of hydrogen-bond donors (Lipinski definition) is 0. The van der Waals surface area contributed by atoms with Gasteiger partial charge in [-0.15, -0.1) is 0 Å². The second-order valence-corrected chi connectivity index (χ2v) is 5.80. The van der Waals surface area contributed by atoms with Gasteiger partial charge in [0.05, 0.1) is 5.69 Å². The van der Waals surface area contributed by atoms with E-state index in [4.69, 9.17) is 4.98 Å². The van der Waals surface area contributed by atoms with E-state index in [0.29, 0.717) is 5.41 Å². The molecule has 1 atom stereocenters. The second kappa shape index (κ2) is 3.66. The molecule has 15 heavy (non-hydrogen) atoms. The van der Waals surface area contributed by atoms with E-state index in [-0.39, 0.29) is 0 Å². The minimum atomic E-state index is 0.390. The number of imidazole rings is 1. The first kappa shape index (κ1) is 10.7. The fourth-order valence-electron chi connectivity index (χ4n) is 2.25. The summed E-state index contributed by atoms with van der Waals surface area (Å²) in [6, 6.07) is 0. The highest BCUT2D eigenvalue weighted by molar-refractivity contribution is 5.10. The maximum Gasteiger partial charge on any atom is 0.109 e. The summed E-state index contributed by atoms with van der Waals surface area (Å²) in [7, 11) is 0. The highest BCUT2D eigenvalue weighted by Gasteiger charge is 2.23. The lowest BCUT2D eigenvalue weighted by Crippen LogP contribution is -2.13. The lowest BCUT2D eigenvalue weighted by molar-refractivity contribution is 0.345. The van der Waals surface area contributed by atoms with Gasteiger partial charge in [0.2, 0.25) is 0 Å². The maximum absolute atomic E-state index is 4.74. The standard InChI is InChI=1S/C13H22N2/c1-5-13(3,4)7-11-9-15-8-10(2)6-12(15)14-11/h9-10H,5-8H2,1-4H3. The third-order valence-corrected chi connectivity index (χ3v) is 3.57. The van der Waals surface area contributed by atoms with Gasteiger partial charge < -0.3 is 4.57 Å². The lowest BCUT2D eigenvalue weighted by Gasteiger charge is -2.20. The summed E-state index contributed by atoms with van der Waals surface area (Å²) in [6.45, 7) is 10.4. The van der Waals surface area contributed by atoms with Crippen molar-refractivity contribution in [2.24, 2.45) is 11.3 Å². The molecule has 84 valence electrons. The summed E-state index contributed by atoms with van der Waals surface area (Å²) in [5.41, 5.74) is 1.67. The Morgan fingerprint density at radius 1 is 1.53 bits per heavy atom. The summed E-state index contributed by atoms with van der Waals surface area (Å²) in [4.78, 5) is 4.74. The second-order valence-electron chi connectivity index (χ2n) is 5.80. The Morgan fingerprint density at radius 3 is 2.87 bits per heavy atom. The largest absolute Gasteiger partial charge is 0.334 e. The molecule has 0 aromatic carbocycles. The topological polar surface area (TPSA) is 17.8 Å². The van der Waals surface area contributed by atoms with Crippen LogP contribution in [-0.2, 0) is 19.4 Å². The average molecular weight is 206 g/mol. The first-order valence-corrected chi connectivity index (χ1v) is 6.05. The van der Waals surface area contributed by atoms with Crippen LogP contribution in [0.2, 0.25) is 0 Å². The summed E-state index contributed by atoms with van der Waals surface area (Å²) >= 11 is 0. The van der Waals surface area contributed by atoms with Crippen molar-refractivity contribution in [1.29, 1.82) is 0 Å². The summed E-state index contributed by atoms with van der Waals surface area (Å²) in [6.07, 6.45) is 5.74. The van der Waals surface area contributed by atoms with Crippen molar-refractivity contribution < 1.29 is 0 Å². The van der Waals surface area contributed by atoms with E-state index >= 15 is 0 Å². The van der Waals surface area contributed by atoms with E-state index < -0.39 is 0 Å². The molecule has 0 aliphatic carbocycles. The monoisotopic (exact) mass is 206 g/mol. The molecule has 0 fully saturated rings. The van der Waals surface area contributed by atoms with Gasteiger partial charge in [-0.2, -0.15) is 0 Å². The summed E-state index contributed by atoms with van der Waals surface area (Å²) < 4.78 is 2.34. The summed E-state index contributed by atoms with van der Waals surface area (Å²) in [5.74, 6) is 2.07. The van der Waals surface area contributed by atoms with Crippen LogP contribution in [0.5, 0.6) is 0 Å². The smallest absolute Gasteiger partial charge is 0.109 e. The van der Waals surface area contributed by atoms with Gasteiger partial charge >= 0.3 is 0 Å². The molecule has 2 rings (SSSR count). The van der Waals surface area contributed by atoms with Crippen LogP contribution in [0.25, 0.3) is 0 Å². The van der Waals surface area contributed by atoms with Gasteiger partial charge in [0.1, 0.15) is 5.82 Å². The molecule has 1 aliphatic rings. The third kappa shape index (κ3) is 2.24. The van der Waals surface area contributed by atoms with Crippen molar-refractivity contribution in [2.75, 3.05) is 0 Å². The third-order valence-electron chi connectivity index (χ3n) is 3.57. The fraction of sp³-hybridized carbons (Fsp3) is 0.769. The molecule has 0 spiro atoms. The van der Waals surface area contributed by atoms with Gasteiger partial charge in [0, 0.05) is 19.2 Å². The van der Waals surface area contributed by atoms with E-state index in [0.717, 1.165) is 25.3 Å². The zero-order valence-corrected chi connectivity index (χ0v) is 10.4. The molecule has 0 saturated heterocycles. The van der Waals surface area contributed by atoms with Crippen LogP contribution in [0.1, 0.15) is 45.6 Å². The van der Waals surface area contributed by atoms with Crippen molar-refractivity contribution in [2.45, 2.75) is 53.5 Å². The maximum atomic E-state index is 4.74. The predicted molar refractivity (Wildman–Crippen MR) is 62.9 cm³/mol. The molecule has 0 N–H and O–H groups in total. The molecule has 1 aromatic rings. The van der Waals surface area contributed by atoms with Crippen LogP contribution in [-0.4, -0.2) is 9.55 Å². The van der Waals surface area contributed by atoms with Gasteiger partial charge in [-0.25, -0.2) is 4.98 Å². The molecule has 0 radical (unpaired) electrons. The zero-order valence-electron chi connectivity index (χ0n) is 10.4. The number of fused-ring (bicyclic) bond motifs is 1. The number of nitrogens with zero attached hydrogens (tertiary/aromatic N) is 2.